The molecule has 2 heteroatoms. The topological polar surface area (TPSA) is 23.1 Å². The summed E-state index contributed by atoms with van der Waals surface area (Å²) in [6.07, 6.45) is 1.22. The summed E-state index contributed by atoms with van der Waals surface area (Å²) in [6.45, 7) is 10.4. The molecular formula is C10H22NO. The Kier molecular flexibility index (Phi) is 5.51. The van der Waals surface area contributed by atoms with E-state index < -0.39 is 6.23 Å². The molecule has 1 unspecified atom stereocenters. The smallest absolute Gasteiger partial charge is 0.146 e. The van der Waals surface area contributed by atoms with Gasteiger partial charge in [-0.15, -0.1) is 0 Å². The highest BCUT2D eigenvalue weighted by Crippen LogP contribution is 2.12. The molecule has 0 N–H and O–H groups in total. The van der Waals surface area contributed by atoms with Gasteiger partial charge in [0.25, 0.3) is 0 Å². The molecule has 0 aromatic carbocycles. The first kappa shape index (κ1) is 11.9. The highest BCUT2D eigenvalue weighted by atomic mass is 16.3. The lowest BCUT2D eigenvalue weighted by Crippen LogP contribution is -2.44. The molecule has 0 aromatic rings. The van der Waals surface area contributed by atoms with Crippen LogP contribution in [0, 0.1) is 0 Å². The van der Waals surface area contributed by atoms with Crippen LogP contribution < -0.4 is 0 Å². The summed E-state index contributed by atoms with van der Waals surface area (Å²) in [7, 11) is 0. The molecule has 0 fully saturated rings. The molecule has 73 valence electrons. The van der Waals surface area contributed by atoms with Crippen LogP contribution in [-0.2, 0) is 5.11 Å². The van der Waals surface area contributed by atoms with E-state index in [-0.39, 0.29) is 0 Å². The summed E-state index contributed by atoms with van der Waals surface area (Å²) in [6, 6.07) is 0.720. The van der Waals surface area contributed by atoms with E-state index in [0.717, 1.165) is 12.8 Å². The van der Waals surface area contributed by atoms with Crippen molar-refractivity contribution in [1.29, 1.82) is 0 Å². The quantitative estimate of drug-likeness (QED) is 0.585. The first-order valence-electron chi connectivity index (χ1n) is 4.94. The Labute approximate surface area is 76.6 Å². The van der Waals surface area contributed by atoms with Crippen LogP contribution in [0.5, 0.6) is 0 Å². The minimum absolute atomic E-state index is 0.360. The Bertz CT molecular complexity index is 104. The second-order valence-corrected chi connectivity index (χ2v) is 3.88. The zero-order chi connectivity index (χ0) is 9.72. The van der Waals surface area contributed by atoms with E-state index in [1.165, 1.54) is 0 Å². The summed E-state index contributed by atoms with van der Waals surface area (Å²) in [4.78, 5) is 2.03. The van der Waals surface area contributed by atoms with E-state index in [1.807, 2.05) is 4.90 Å². The Hall–Kier alpha value is -0.0800. The molecule has 1 radical (unpaired) electrons. The predicted molar refractivity (Wildman–Crippen MR) is 51.5 cm³/mol. The summed E-state index contributed by atoms with van der Waals surface area (Å²) >= 11 is 0. The van der Waals surface area contributed by atoms with Crippen LogP contribution in [0.4, 0.5) is 0 Å². The van der Waals surface area contributed by atoms with Gasteiger partial charge >= 0.3 is 0 Å². The standard InChI is InChI=1S/C10H22NO/c1-6-7-10(12)11(8(2)3)9(4)5/h8-10H,6-7H2,1-5H3. The van der Waals surface area contributed by atoms with Crippen LogP contribution >= 0.6 is 0 Å². The Morgan fingerprint density at radius 3 is 1.75 bits per heavy atom. The van der Waals surface area contributed by atoms with Crippen LogP contribution in [-0.4, -0.2) is 23.2 Å². The molecule has 0 bridgehead atoms. The molecule has 12 heavy (non-hydrogen) atoms. The van der Waals surface area contributed by atoms with Crippen molar-refractivity contribution in [1.82, 2.24) is 4.90 Å². The summed E-state index contributed by atoms with van der Waals surface area (Å²) in [5.41, 5.74) is 0. The van der Waals surface area contributed by atoms with Crippen molar-refractivity contribution in [2.75, 3.05) is 0 Å². The van der Waals surface area contributed by atoms with Gasteiger partial charge < -0.3 is 0 Å². The maximum atomic E-state index is 11.6. The van der Waals surface area contributed by atoms with Gasteiger partial charge in [-0.2, -0.15) is 0 Å². The van der Waals surface area contributed by atoms with Crippen LogP contribution in [0.3, 0.4) is 0 Å². The number of rotatable bonds is 5. The van der Waals surface area contributed by atoms with Gasteiger partial charge in [0.1, 0.15) is 6.23 Å². The Balaban J connectivity index is 4.09. The second kappa shape index (κ2) is 5.55. The minimum atomic E-state index is -0.519. The number of hydrogen-bond donors (Lipinski definition) is 0. The van der Waals surface area contributed by atoms with E-state index in [4.69, 9.17) is 0 Å². The fourth-order valence-electron chi connectivity index (χ4n) is 1.66. The average molecular weight is 172 g/mol. The van der Waals surface area contributed by atoms with Crippen molar-refractivity contribution >= 4 is 0 Å². The van der Waals surface area contributed by atoms with E-state index in [1.54, 1.807) is 0 Å². The molecule has 1 atom stereocenters. The Morgan fingerprint density at radius 2 is 1.50 bits per heavy atom. The minimum Gasteiger partial charge on any atom is -0.271 e. The fourth-order valence-corrected chi connectivity index (χ4v) is 1.66. The van der Waals surface area contributed by atoms with Gasteiger partial charge in [0, 0.05) is 12.1 Å². The van der Waals surface area contributed by atoms with Gasteiger partial charge in [0.05, 0.1) is 0 Å². The van der Waals surface area contributed by atoms with Crippen LogP contribution in [0.15, 0.2) is 0 Å². The van der Waals surface area contributed by atoms with E-state index >= 15 is 0 Å². The SMILES string of the molecule is CCCC([O])N(C(C)C)C(C)C. The molecule has 0 saturated heterocycles. The third-order valence-corrected chi connectivity index (χ3v) is 2.06. The molecule has 0 heterocycles. The van der Waals surface area contributed by atoms with Crippen molar-refractivity contribution in [3.8, 4) is 0 Å². The zero-order valence-electron chi connectivity index (χ0n) is 9.00. The third kappa shape index (κ3) is 3.55. The monoisotopic (exact) mass is 172 g/mol. The van der Waals surface area contributed by atoms with Crippen LogP contribution in [0.25, 0.3) is 0 Å². The molecule has 0 rings (SSSR count). The second-order valence-electron chi connectivity index (χ2n) is 3.88. The zero-order valence-corrected chi connectivity index (χ0v) is 9.00. The first-order valence-corrected chi connectivity index (χ1v) is 4.94. The normalized spacial score (nSPS) is 14.8. The van der Waals surface area contributed by atoms with Crippen LogP contribution in [0.2, 0.25) is 0 Å². The molecule has 0 spiro atoms. The van der Waals surface area contributed by atoms with Crippen molar-refractivity contribution in [3.05, 3.63) is 0 Å². The van der Waals surface area contributed by atoms with Gasteiger partial charge in [0.15, 0.2) is 0 Å². The van der Waals surface area contributed by atoms with E-state index in [0.29, 0.717) is 12.1 Å². The van der Waals surface area contributed by atoms with Gasteiger partial charge in [-0.05, 0) is 34.1 Å². The lowest BCUT2D eigenvalue weighted by molar-refractivity contribution is -0.0851. The average Bonchev–Trinajstić information content (AvgIpc) is 1.85. The van der Waals surface area contributed by atoms with Crippen molar-refractivity contribution in [2.45, 2.75) is 65.8 Å². The summed E-state index contributed by atoms with van der Waals surface area (Å²) < 4.78 is 0. The van der Waals surface area contributed by atoms with Crippen molar-refractivity contribution < 1.29 is 5.11 Å². The Morgan fingerprint density at radius 1 is 1.08 bits per heavy atom. The van der Waals surface area contributed by atoms with Crippen LogP contribution in [0.1, 0.15) is 47.5 Å². The molecule has 0 aliphatic carbocycles. The number of hydrogen-bond acceptors (Lipinski definition) is 1. The molecule has 0 aliphatic heterocycles. The number of nitrogens with zero attached hydrogens (tertiary/aromatic N) is 1. The summed E-state index contributed by atoms with van der Waals surface area (Å²) in [5.74, 6) is 0. The predicted octanol–water partition coefficient (Wildman–Crippen LogP) is 2.66. The first-order chi connectivity index (χ1) is 5.50. The van der Waals surface area contributed by atoms with Gasteiger partial charge in [0.2, 0.25) is 0 Å². The maximum absolute atomic E-state index is 11.6. The highest BCUT2D eigenvalue weighted by molar-refractivity contribution is 4.69. The van der Waals surface area contributed by atoms with Crippen molar-refractivity contribution in [2.24, 2.45) is 0 Å². The molecule has 0 amide bonds. The van der Waals surface area contributed by atoms with Gasteiger partial charge in [-0.1, -0.05) is 13.3 Å². The van der Waals surface area contributed by atoms with Gasteiger partial charge in [-0.25, -0.2) is 5.11 Å². The lowest BCUT2D eigenvalue weighted by Gasteiger charge is -2.33. The van der Waals surface area contributed by atoms with Crippen molar-refractivity contribution in [3.63, 3.8) is 0 Å². The van der Waals surface area contributed by atoms with E-state index in [2.05, 4.69) is 34.6 Å². The summed E-state index contributed by atoms with van der Waals surface area (Å²) in [5, 5.41) is 11.6. The molecule has 0 aliphatic rings. The molecule has 0 saturated carbocycles. The molecule has 2 nitrogen and oxygen atoms in total. The lowest BCUT2D eigenvalue weighted by atomic mass is 10.2. The third-order valence-electron chi connectivity index (χ3n) is 2.06. The maximum Gasteiger partial charge on any atom is 0.146 e. The van der Waals surface area contributed by atoms with E-state index in [9.17, 15) is 5.11 Å². The molecular weight excluding hydrogens is 150 g/mol. The largest absolute Gasteiger partial charge is 0.271 e. The van der Waals surface area contributed by atoms with Gasteiger partial charge in [-0.3, -0.25) is 4.90 Å². The molecule has 0 aromatic heterocycles. The highest BCUT2D eigenvalue weighted by Gasteiger charge is 2.21. The fraction of sp³-hybridized carbons (Fsp3) is 1.00.